The highest BCUT2D eigenvalue weighted by atomic mass is 32.2. The number of pyridine rings is 1. The minimum Gasteiger partial charge on any atom is -0.224 e. The molecule has 1 aromatic rings. The van der Waals surface area contributed by atoms with E-state index in [1.54, 1.807) is 0 Å². The van der Waals surface area contributed by atoms with Crippen LogP contribution in [0, 0.1) is 18.3 Å². The second kappa shape index (κ2) is 4.11. The molecule has 0 aromatic carbocycles. The lowest BCUT2D eigenvalue weighted by atomic mass is 10.1. The van der Waals surface area contributed by atoms with Crippen LogP contribution in [0.15, 0.2) is 11.1 Å². The first-order valence-electron chi connectivity index (χ1n) is 4.00. The van der Waals surface area contributed by atoms with Crippen molar-refractivity contribution in [2.45, 2.75) is 18.4 Å². The van der Waals surface area contributed by atoms with Crippen molar-refractivity contribution in [1.29, 1.82) is 5.26 Å². The first-order chi connectivity index (χ1) is 7.27. The van der Waals surface area contributed by atoms with E-state index in [1.807, 2.05) is 0 Å². The largest absolute Gasteiger partial charge is 0.266 e. The van der Waals surface area contributed by atoms with Crippen molar-refractivity contribution in [3.63, 3.8) is 0 Å². The summed E-state index contributed by atoms with van der Waals surface area (Å²) in [5.41, 5.74) is -1.24. The van der Waals surface area contributed by atoms with E-state index in [4.69, 9.17) is 10.4 Å². The number of alkyl halides is 2. The van der Waals surface area contributed by atoms with Gasteiger partial charge in [0.05, 0.1) is 5.56 Å². The molecule has 0 radical (unpaired) electrons. The van der Waals surface area contributed by atoms with E-state index in [2.05, 4.69) is 4.98 Å². The number of nitrogens with zero attached hydrogens (tertiary/aromatic N) is 2. The second-order valence-electron chi connectivity index (χ2n) is 3.00. The smallest absolute Gasteiger partial charge is 0.224 e. The van der Waals surface area contributed by atoms with Crippen LogP contribution in [0.1, 0.15) is 23.2 Å². The minimum absolute atomic E-state index is 0.0365. The Hall–Kier alpha value is -1.59. The Morgan fingerprint density at radius 2 is 2.12 bits per heavy atom. The normalized spacial score (nSPS) is 11.5. The molecule has 0 spiro atoms. The Morgan fingerprint density at radius 3 is 2.50 bits per heavy atom. The molecular formula is C8H7F2N3O2S. The fraction of sp³-hybridized carbons (Fsp3) is 0.250. The molecule has 0 unspecified atom stereocenters. The van der Waals surface area contributed by atoms with E-state index in [9.17, 15) is 17.2 Å². The lowest BCUT2D eigenvalue weighted by Gasteiger charge is -2.07. The predicted molar refractivity (Wildman–Crippen MR) is 50.0 cm³/mol. The highest BCUT2D eigenvalue weighted by Gasteiger charge is 2.21. The molecule has 1 heterocycles. The van der Waals surface area contributed by atoms with Crippen LogP contribution in [0.25, 0.3) is 0 Å². The highest BCUT2D eigenvalue weighted by Crippen LogP contribution is 2.26. The molecule has 5 nitrogen and oxygen atoms in total. The summed E-state index contributed by atoms with van der Waals surface area (Å²) in [6, 6.07) is 2.33. The van der Waals surface area contributed by atoms with Gasteiger partial charge >= 0.3 is 0 Å². The average molecular weight is 247 g/mol. The van der Waals surface area contributed by atoms with Gasteiger partial charge in [0.25, 0.3) is 16.4 Å². The summed E-state index contributed by atoms with van der Waals surface area (Å²) in [6.07, 6.45) is -2.89. The van der Waals surface area contributed by atoms with Crippen molar-refractivity contribution in [2.75, 3.05) is 0 Å². The molecule has 16 heavy (non-hydrogen) atoms. The zero-order chi connectivity index (χ0) is 12.5. The number of primary sulfonamides is 1. The Balaban J connectivity index is 3.59. The van der Waals surface area contributed by atoms with Gasteiger partial charge in [-0.05, 0) is 18.6 Å². The SMILES string of the molecule is Cc1cc(S(N)(=O)=O)nc(C#N)c1C(F)F. The van der Waals surface area contributed by atoms with Crippen LogP contribution in [0.2, 0.25) is 0 Å². The average Bonchev–Trinajstić information content (AvgIpc) is 2.14. The van der Waals surface area contributed by atoms with Gasteiger partial charge in [-0.15, -0.1) is 0 Å². The van der Waals surface area contributed by atoms with Crippen molar-refractivity contribution >= 4 is 10.0 Å². The number of aryl methyl sites for hydroxylation is 1. The van der Waals surface area contributed by atoms with Crippen LogP contribution in [-0.2, 0) is 10.0 Å². The molecule has 0 bridgehead atoms. The van der Waals surface area contributed by atoms with Crippen molar-refractivity contribution < 1.29 is 17.2 Å². The highest BCUT2D eigenvalue weighted by molar-refractivity contribution is 7.89. The zero-order valence-electron chi connectivity index (χ0n) is 8.11. The van der Waals surface area contributed by atoms with Gasteiger partial charge < -0.3 is 0 Å². The fourth-order valence-corrected chi connectivity index (χ4v) is 1.72. The van der Waals surface area contributed by atoms with Crippen LogP contribution in [0.5, 0.6) is 0 Å². The predicted octanol–water partition coefficient (Wildman–Crippen LogP) is 0.847. The van der Waals surface area contributed by atoms with E-state index in [0.29, 0.717) is 0 Å². The van der Waals surface area contributed by atoms with Crippen LogP contribution in [0.4, 0.5) is 8.78 Å². The number of aromatic nitrogens is 1. The van der Waals surface area contributed by atoms with E-state index >= 15 is 0 Å². The van der Waals surface area contributed by atoms with E-state index in [0.717, 1.165) is 6.07 Å². The molecular weight excluding hydrogens is 240 g/mol. The number of nitriles is 1. The first-order valence-corrected chi connectivity index (χ1v) is 5.54. The van der Waals surface area contributed by atoms with Gasteiger partial charge in [-0.2, -0.15) is 5.26 Å². The number of nitrogens with two attached hydrogens (primary N) is 1. The third kappa shape index (κ3) is 2.32. The molecule has 86 valence electrons. The molecule has 0 aliphatic heterocycles. The summed E-state index contributed by atoms with van der Waals surface area (Å²) in [5, 5.41) is 12.8. The van der Waals surface area contributed by atoms with Crippen LogP contribution in [0.3, 0.4) is 0 Å². The first kappa shape index (κ1) is 12.5. The van der Waals surface area contributed by atoms with Gasteiger partial charge in [0.1, 0.15) is 6.07 Å². The standard InChI is InChI=1S/C8H7F2N3O2S/c1-4-2-6(16(12,14)15)13-5(3-11)7(4)8(9)10/h2,8H,1H3,(H2,12,14,15). The Kier molecular flexibility index (Phi) is 3.21. The van der Waals surface area contributed by atoms with Crippen LogP contribution >= 0.6 is 0 Å². The molecule has 2 N–H and O–H groups in total. The van der Waals surface area contributed by atoms with Crippen molar-refractivity contribution in [1.82, 2.24) is 4.98 Å². The Bertz CT molecular complexity index is 563. The summed E-state index contributed by atoms with van der Waals surface area (Å²) in [7, 11) is -4.11. The van der Waals surface area contributed by atoms with Gasteiger partial charge in [-0.1, -0.05) is 0 Å². The molecule has 0 saturated heterocycles. The molecule has 0 saturated carbocycles. The van der Waals surface area contributed by atoms with Crippen molar-refractivity contribution in [2.24, 2.45) is 5.14 Å². The number of halogens is 2. The topological polar surface area (TPSA) is 96.8 Å². The molecule has 0 aliphatic rings. The third-order valence-electron chi connectivity index (χ3n) is 1.86. The van der Waals surface area contributed by atoms with Gasteiger partial charge in [-0.25, -0.2) is 27.3 Å². The number of rotatable bonds is 2. The summed E-state index contributed by atoms with van der Waals surface area (Å²) < 4.78 is 47.0. The van der Waals surface area contributed by atoms with E-state index in [1.165, 1.54) is 13.0 Å². The van der Waals surface area contributed by atoms with E-state index < -0.39 is 32.7 Å². The molecule has 0 amide bonds. The monoisotopic (exact) mass is 247 g/mol. The molecule has 0 atom stereocenters. The lowest BCUT2D eigenvalue weighted by molar-refractivity contribution is 0.149. The number of hydrogen-bond acceptors (Lipinski definition) is 4. The van der Waals surface area contributed by atoms with Crippen molar-refractivity contribution in [3.05, 3.63) is 22.9 Å². The molecule has 1 rings (SSSR count). The zero-order valence-corrected chi connectivity index (χ0v) is 8.92. The third-order valence-corrected chi connectivity index (χ3v) is 2.65. The second-order valence-corrected chi connectivity index (χ2v) is 4.51. The number of sulfonamides is 1. The minimum atomic E-state index is -4.11. The fourth-order valence-electron chi connectivity index (χ4n) is 1.16. The quantitative estimate of drug-likeness (QED) is 0.837. The number of hydrogen-bond donors (Lipinski definition) is 1. The summed E-state index contributed by atoms with van der Waals surface area (Å²) in [6.45, 7) is 1.26. The maximum Gasteiger partial charge on any atom is 0.266 e. The van der Waals surface area contributed by atoms with E-state index in [-0.39, 0.29) is 5.56 Å². The maximum atomic E-state index is 12.5. The van der Waals surface area contributed by atoms with Crippen LogP contribution in [-0.4, -0.2) is 13.4 Å². The van der Waals surface area contributed by atoms with Gasteiger partial charge in [-0.3, -0.25) is 0 Å². The van der Waals surface area contributed by atoms with Crippen molar-refractivity contribution in [3.8, 4) is 6.07 Å². The van der Waals surface area contributed by atoms with Gasteiger partial charge in [0, 0.05) is 0 Å². The maximum absolute atomic E-state index is 12.5. The molecule has 1 aromatic heterocycles. The lowest BCUT2D eigenvalue weighted by Crippen LogP contribution is -2.16. The molecule has 8 heteroatoms. The Morgan fingerprint density at radius 1 is 1.56 bits per heavy atom. The van der Waals surface area contributed by atoms with Crippen LogP contribution < -0.4 is 5.14 Å². The Labute approximate surface area is 90.6 Å². The molecule has 0 fully saturated rings. The molecule has 0 aliphatic carbocycles. The van der Waals surface area contributed by atoms with Gasteiger partial charge in [0.15, 0.2) is 10.7 Å². The summed E-state index contributed by atoms with van der Waals surface area (Å²) in [4.78, 5) is 3.29. The summed E-state index contributed by atoms with van der Waals surface area (Å²) in [5.74, 6) is 0. The van der Waals surface area contributed by atoms with Gasteiger partial charge in [0.2, 0.25) is 0 Å². The summed E-state index contributed by atoms with van der Waals surface area (Å²) >= 11 is 0.